The van der Waals surface area contributed by atoms with Gasteiger partial charge in [0, 0.05) is 17.9 Å². The Hall–Kier alpha value is 0.316. The zero-order valence-corrected chi connectivity index (χ0v) is 12.1. The molecule has 1 amide bonds. The molecule has 14 heavy (non-hydrogen) atoms. The number of primary amides is 1. The maximum absolute atomic E-state index is 10.9. The third-order valence-electron chi connectivity index (χ3n) is 2.11. The van der Waals surface area contributed by atoms with Gasteiger partial charge in [-0.05, 0) is 19.8 Å². The van der Waals surface area contributed by atoms with E-state index in [0.29, 0.717) is 11.9 Å². The number of nitrogens with two attached hydrogens (primary N) is 1. The van der Waals surface area contributed by atoms with E-state index in [4.69, 9.17) is 5.73 Å². The summed E-state index contributed by atoms with van der Waals surface area (Å²) < 4.78 is 1.93. The van der Waals surface area contributed by atoms with E-state index in [1.54, 1.807) is 6.20 Å². The van der Waals surface area contributed by atoms with Gasteiger partial charge in [-0.25, -0.2) is 4.98 Å². The van der Waals surface area contributed by atoms with Gasteiger partial charge in [0.15, 0.2) is 5.82 Å². The van der Waals surface area contributed by atoms with Crippen molar-refractivity contribution in [3.8, 4) is 0 Å². The number of hydrogen-bond donors (Lipinski definition) is 1. The third kappa shape index (κ3) is 2.67. The van der Waals surface area contributed by atoms with Crippen molar-refractivity contribution < 1.29 is 56.2 Å². The number of aryl methyl sites for hydroxylation is 1. The summed E-state index contributed by atoms with van der Waals surface area (Å²) in [7, 11) is 0. The molecule has 1 aliphatic carbocycles. The van der Waals surface area contributed by atoms with Gasteiger partial charge in [0.1, 0.15) is 0 Å². The van der Waals surface area contributed by atoms with E-state index in [1.807, 2.05) is 11.5 Å². The van der Waals surface area contributed by atoms with Gasteiger partial charge >= 0.3 is 51.4 Å². The van der Waals surface area contributed by atoms with Gasteiger partial charge < -0.3 is 17.7 Å². The van der Waals surface area contributed by atoms with Crippen LogP contribution < -0.4 is 57.1 Å². The fourth-order valence-electron chi connectivity index (χ4n) is 1.42. The molecule has 0 unspecified atom stereocenters. The number of amides is 1. The summed E-state index contributed by atoms with van der Waals surface area (Å²) in [6.45, 7) is 1.94. The smallest absolute Gasteiger partial charge is 0.363 e. The minimum absolute atomic E-state index is 0. The molecule has 1 fully saturated rings. The van der Waals surface area contributed by atoms with Gasteiger partial charge in [0.2, 0.25) is 0 Å². The maximum Gasteiger partial charge on any atom is 1.00 e. The summed E-state index contributed by atoms with van der Waals surface area (Å²) in [5.41, 5.74) is 6.19. The molecular formula is C9H14KN3O. The first-order valence-corrected chi connectivity index (χ1v) is 4.04. The van der Waals surface area contributed by atoms with E-state index in [-0.39, 0.29) is 58.8 Å². The molecule has 2 N–H and O–H groups in total. The molecule has 0 radical (unpaired) electrons. The molecule has 0 spiro atoms. The molecule has 5 heteroatoms. The van der Waals surface area contributed by atoms with E-state index < -0.39 is 5.91 Å². The van der Waals surface area contributed by atoms with Crippen molar-refractivity contribution in [2.24, 2.45) is 5.73 Å². The molecule has 1 aromatic heterocycles. The van der Waals surface area contributed by atoms with Gasteiger partial charge in [-0.2, -0.15) is 0 Å². The summed E-state index contributed by atoms with van der Waals surface area (Å²) in [6, 6.07) is 0.468. The standard InChI is InChI=1S/C8H11N3O.CH3.K/c1-5-4-10-8(7(9)12)11(5)6-2-3-6;;/h4,6H,2-3H2,1H3,(H2,9,12);1H3;/q;-1;+1. The summed E-state index contributed by atoms with van der Waals surface area (Å²) in [6.07, 6.45) is 3.97. The second kappa shape index (κ2) is 5.41. The van der Waals surface area contributed by atoms with Crippen molar-refractivity contribution in [1.29, 1.82) is 0 Å². The Balaban J connectivity index is 0.000000845. The molecular weight excluding hydrogens is 205 g/mol. The van der Waals surface area contributed by atoms with Gasteiger partial charge in [-0.1, -0.05) is 0 Å². The van der Waals surface area contributed by atoms with E-state index in [1.165, 1.54) is 0 Å². The molecule has 1 heterocycles. The van der Waals surface area contributed by atoms with Crippen LogP contribution in [0.4, 0.5) is 0 Å². The van der Waals surface area contributed by atoms with E-state index in [9.17, 15) is 4.79 Å². The molecule has 1 aliphatic rings. The molecule has 1 aromatic rings. The molecule has 0 bridgehead atoms. The SMILES string of the molecule is Cc1cnc(C(N)=O)n1C1CC1.[CH3-].[K+]. The van der Waals surface area contributed by atoms with Crippen LogP contribution in [0.15, 0.2) is 6.20 Å². The van der Waals surface area contributed by atoms with Gasteiger partial charge in [-0.3, -0.25) is 4.79 Å². The average molecular weight is 219 g/mol. The number of aromatic nitrogens is 2. The zero-order valence-electron chi connectivity index (χ0n) is 8.95. The first-order valence-electron chi connectivity index (χ1n) is 4.04. The first kappa shape index (κ1) is 14.3. The molecule has 1 saturated carbocycles. The average Bonchev–Trinajstić information content (AvgIpc) is 2.75. The normalized spacial score (nSPS) is 14.1. The van der Waals surface area contributed by atoms with Crippen LogP contribution in [0.3, 0.4) is 0 Å². The summed E-state index contributed by atoms with van der Waals surface area (Å²) >= 11 is 0. The maximum atomic E-state index is 10.9. The summed E-state index contributed by atoms with van der Waals surface area (Å²) in [5.74, 6) is -0.0370. The first-order chi connectivity index (χ1) is 5.70. The van der Waals surface area contributed by atoms with Crippen molar-refractivity contribution in [3.63, 3.8) is 0 Å². The second-order valence-corrected chi connectivity index (χ2v) is 3.19. The predicted octanol–water partition coefficient (Wildman–Crippen LogP) is -1.92. The van der Waals surface area contributed by atoms with Crippen molar-refractivity contribution in [1.82, 2.24) is 9.55 Å². The van der Waals surface area contributed by atoms with Gasteiger partial charge in [0.25, 0.3) is 5.91 Å². The quantitative estimate of drug-likeness (QED) is 0.465. The Kier molecular flexibility index (Phi) is 5.54. The largest absolute Gasteiger partial charge is 1.00 e. The molecule has 72 valence electrons. The van der Waals surface area contributed by atoms with Crippen LogP contribution in [-0.2, 0) is 0 Å². The van der Waals surface area contributed by atoms with Crippen LogP contribution in [0.1, 0.15) is 35.2 Å². The summed E-state index contributed by atoms with van der Waals surface area (Å²) in [5, 5.41) is 0. The van der Waals surface area contributed by atoms with E-state index in [0.717, 1.165) is 18.5 Å². The van der Waals surface area contributed by atoms with Crippen LogP contribution in [0.5, 0.6) is 0 Å². The van der Waals surface area contributed by atoms with Crippen LogP contribution in [0.25, 0.3) is 0 Å². The molecule has 2 rings (SSSR count). The van der Waals surface area contributed by atoms with Crippen LogP contribution in [0.2, 0.25) is 0 Å². The van der Waals surface area contributed by atoms with Crippen molar-refractivity contribution in [3.05, 3.63) is 25.1 Å². The molecule has 4 nitrogen and oxygen atoms in total. The Morgan fingerprint density at radius 1 is 1.64 bits per heavy atom. The molecule has 0 saturated heterocycles. The molecule has 0 aromatic carbocycles. The topological polar surface area (TPSA) is 60.9 Å². The second-order valence-electron chi connectivity index (χ2n) is 3.19. The fraction of sp³-hybridized carbons (Fsp3) is 0.444. The van der Waals surface area contributed by atoms with E-state index in [2.05, 4.69) is 4.98 Å². The number of imidazole rings is 1. The Morgan fingerprint density at radius 3 is 2.64 bits per heavy atom. The zero-order chi connectivity index (χ0) is 8.72. The Labute approximate surface area is 127 Å². The number of nitrogens with zero attached hydrogens (tertiary/aromatic N) is 2. The van der Waals surface area contributed by atoms with E-state index >= 15 is 0 Å². The Bertz CT molecular complexity index is 331. The van der Waals surface area contributed by atoms with Crippen LogP contribution >= 0.6 is 0 Å². The summed E-state index contributed by atoms with van der Waals surface area (Å²) in [4.78, 5) is 14.9. The van der Waals surface area contributed by atoms with Gasteiger partial charge in [-0.15, -0.1) is 0 Å². The Morgan fingerprint density at radius 2 is 2.21 bits per heavy atom. The third-order valence-corrected chi connectivity index (χ3v) is 2.11. The molecule has 0 aliphatic heterocycles. The van der Waals surface area contributed by atoms with Crippen LogP contribution in [0, 0.1) is 14.4 Å². The minimum atomic E-state index is -0.435. The van der Waals surface area contributed by atoms with Crippen molar-refractivity contribution in [2.45, 2.75) is 25.8 Å². The molecule has 0 atom stereocenters. The predicted molar refractivity (Wildman–Crippen MR) is 50.2 cm³/mol. The number of carbonyl (C=O) groups is 1. The van der Waals surface area contributed by atoms with Crippen LogP contribution in [-0.4, -0.2) is 15.5 Å². The van der Waals surface area contributed by atoms with Gasteiger partial charge in [0.05, 0.1) is 0 Å². The number of carbonyl (C=O) groups excluding carboxylic acids is 1. The van der Waals surface area contributed by atoms with Crippen molar-refractivity contribution in [2.75, 3.05) is 0 Å². The number of hydrogen-bond acceptors (Lipinski definition) is 2. The van der Waals surface area contributed by atoms with Crippen molar-refractivity contribution >= 4 is 5.91 Å². The number of rotatable bonds is 2. The minimum Gasteiger partial charge on any atom is -0.363 e. The monoisotopic (exact) mass is 219 g/mol. The fourth-order valence-corrected chi connectivity index (χ4v) is 1.42.